The fourth-order valence-electron chi connectivity index (χ4n) is 3.41. The summed E-state index contributed by atoms with van der Waals surface area (Å²) in [5.41, 5.74) is 5.35. The molecule has 0 radical (unpaired) electrons. The number of rotatable bonds is 6. The molecular weight excluding hydrogens is 348 g/mol. The molecule has 2 N–H and O–H groups in total. The molecule has 0 saturated carbocycles. The molecule has 0 bridgehead atoms. The van der Waals surface area contributed by atoms with Crippen LogP contribution in [0.4, 0.5) is 11.4 Å². The Kier molecular flexibility index (Phi) is 5.08. The van der Waals surface area contributed by atoms with E-state index in [2.05, 4.69) is 35.1 Å². The van der Waals surface area contributed by atoms with Gasteiger partial charge in [-0.05, 0) is 49.5 Å². The number of benzene rings is 2. The van der Waals surface area contributed by atoms with Crippen molar-refractivity contribution < 1.29 is 5.11 Å². The molecule has 4 rings (SSSR count). The first-order chi connectivity index (χ1) is 13.7. The fourth-order valence-corrected chi connectivity index (χ4v) is 3.41. The van der Waals surface area contributed by atoms with Crippen LogP contribution in [-0.4, -0.2) is 33.1 Å². The summed E-state index contributed by atoms with van der Waals surface area (Å²) in [5.74, 6) is 0.321. The van der Waals surface area contributed by atoms with Gasteiger partial charge in [0.2, 0.25) is 0 Å². The zero-order valence-corrected chi connectivity index (χ0v) is 16.2. The van der Waals surface area contributed by atoms with E-state index in [-0.39, 0.29) is 0 Å². The predicted octanol–water partition coefficient (Wildman–Crippen LogP) is 5.07. The van der Waals surface area contributed by atoms with Gasteiger partial charge in [-0.15, -0.1) is 0 Å². The summed E-state index contributed by atoms with van der Waals surface area (Å²) in [4.78, 5) is 11.6. The van der Waals surface area contributed by atoms with Gasteiger partial charge in [0.25, 0.3) is 0 Å². The minimum absolute atomic E-state index is 0.321. The van der Waals surface area contributed by atoms with Gasteiger partial charge in [0, 0.05) is 29.4 Å². The lowest BCUT2D eigenvalue weighted by Crippen LogP contribution is -2.22. The van der Waals surface area contributed by atoms with E-state index in [4.69, 9.17) is 4.98 Å². The normalized spacial score (nSPS) is 11.4. The summed E-state index contributed by atoms with van der Waals surface area (Å²) < 4.78 is 0. The fraction of sp³-hybridized carbons (Fsp3) is 0.217. The standard InChI is InChI=1S/C23H24N4O/c1-3-27(4-2)15-17-13-18(9-10-22(17)28)25-20-11-12-24-21-14-16-7-5-6-8-19(16)26-23(20)21/h5-14,28H,3-4,15H2,1-2H3,(H,24,25). The molecule has 0 aliphatic carbocycles. The molecule has 0 aliphatic rings. The van der Waals surface area contributed by atoms with Gasteiger partial charge in [-0.1, -0.05) is 32.0 Å². The average Bonchev–Trinajstić information content (AvgIpc) is 2.73. The van der Waals surface area contributed by atoms with E-state index in [9.17, 15) is 5.11 Å². The van der Waals surface area contributed by atoms with Crippen molar-refractivity contribution in [1.29, 1.82) is 0 Å². The Hall–Kier alpha value is -3.18. The highest BCUT2D eigenvalue weighted by Crippen LogP contribution is 2.29. The first-order valence-electron chi connectivity index (χ1n) is 9.63. The Morgan fingerprint density at radius 3 is 2.61 bits per heavy atom. The number of hydrogen-bond donors (Lipinski definition) is 2. The maximum Gasteiger partial charge on any atom is 0.120 e. The number of phenols is 1. The van der Waals surface area contributed by atoms with Crippen LogP contribution in [0.1, 0.15) is 19.4 Å². The van der Waals surface area contributed by atoms with E-state index in [0.717, 1.165) is 52.0 Å². The minimum atomic E-state index is 0.321. The number of para-hydroxylation sites is 1. The van der Waals surface area contributed by atoms with Crippen molar-refractivity contribution in [2.24, 2.45) is 0 Å². The summed E-state index contributed by atoms with van der Waals surface area (Å²) in [6.45, 7) is 6.86. The summed E-state index contributed by atoms with van der Waals surface area (Å²) in [6, 6.07) is 17.7. The Balaban J connectivity index is 1.71. The Bertz CT molecular complexity index is 1120. The predicted molar refractivity (Wildman–Crippen MR) is 115 cm³/mol. The molecule has 0 atom stereocenters. The quantitative estimate of drug-likeness (QED) is 0.365. The smallest absolute Gasteiger partial charge is 0.120 e. The van der Waals surface area contributed by atoms with Gasteiger partial charge in [-0.25, -0.2) is 4.98 Å². The largest absolute Gasteiger partial charge is 0.508 e. The monoisotopic (exact) mass is 372 g/mol. The molecule has 0 spiro atoms. The minimum Gasteiger partial charge on any atom is -0.508 e. The van der Waals surface area contributed by atoms with Crippen molar-refractivity contribution in [2.75, 3.05) is 18.4 Å². The summed E-state index contributed by atoms with van der Waals surface area (Å²) in [6.07, 6.45) is 1.79. The van der Waals surface area contributed by atoms with Gasteiger partial charge in [0.15, 0.2) is 0 Å². The van der Waals surface area contributed by atoms with Gasteiger partial charge in [-0.3, -0.25) is 9.88 Å². The van der Waals surface area contributed by atoms with Gasteiger partial charge >= 0.3 is 0 Å². The molecule has 5 heteroatoms. The van der Waals surface area contributed by atoms with Crippen molar-refractivity contribution >= 4 is 33.3 Å². The molecule has 0 fully saturated rings. The Morgan fingerprint density at radius 1 is 0.964 bits per heavy atom. The van der Waals surface area contributed by atoms with Crippen LogP contribution in [0, 0.1) is 0 Å². The van der Waals surface area contributed by atoms with Crippen LogP contribution >= 0.6 is 0 Å². The van der Waals surface area contributed by atoms with Crippen LogP contribution < -0.4 is 5.32 Å². The molecule has 2 heterocycles. The maximum atomic E-state index is 10.3. The summed E-state index contributed by atoms with van der Waals surface area (Å²) >= 11 is 0. The molecule has 0 aliphatic heterocycles. The highest BCUT2D eigenvalue weighted by molar-refractivity contribution is 5.97. The third-order valence-electron chi connectivity index (χ3n) is 5.06. The number of nitrogens with zero attached hydrogens (tertiary/aromatic N) is 3. The number of aromatic nitrogens is 2. The number of hydrogen-bond acceptors (Lipinski definition) is 5. The van der Waals surface area contributed by atoms with Crippen LogP contribution in [0.5, 0.6) is 5.75 Å². The molecule has 142 valence electrons. The zero-order chi connectivity index (χ0) is 19.5. The highest BCUT2D eigenvalue weighted by atomic mass is 16.3. The first kappa shape index (κ1) is 18.2. The van der Waals surface area contributed by atoms with Crippen LogP contribution in [0.15, 0.2) is 60.8 Å². The number of fused-ring (bicyclic) bond motifs is 2. The van der Waals surface area contributed by atoms with E-state index in [1.54, 1.807) is 12.3 Å². The van der Waals surface area contributed by atoms with Crippen LogP contribution in [-0.2, 0) is 6.54 Å². The second-order valence-corrected chi connectivity index (χ2v) is 6.84. The van der Waals surface area contributed by atoms with Crippen molar-refractivity contribution in [3.05, 3.63) is 66.4 Å². The van der Waals surface area contributed by atoms with Gasteiger partial charge in [0.1, 0.15) is 11.3 Å². The molecule has 2 aromatic carbocycles. The number of phenolic OH excluding ortho intramolecular Hbond substituents is 1. The lowest BCUT2D eigenvalue weighted by Gasteiger charge is -2.19. The zero-order valence-electron chi connectivity index (χ0n) is 16.2. The first-order valence-corrected chi connectivity index (χ1v) is 9.63. The van der Waals surface area contributed by atoms with Crippen LogP contribution in [0.2, 0.25) is 0 Å². The van der Waals surface area contributed by atoms with Crippen molar-refractivity contribution in [2.45, 2.75) is 20.4 Å². The van der Waals surface area contributed by atoms with Crippen LogP contribution in [0.25, 0.3) is 21.9 Å². The van der Waals surface area contributed by atoms with Gasteiger partial charge < -0.3 is 10.4 Å². The lowest BCUT2D eigenvalue weighted by atomic mass is 10.1. The molecule has 2 aromatic heterocycles. The third kappa shape index (κ3) is 3.62. The summed E-state index contributed by atoms with van der Waals surface area (Å²) in [5, 5.41) is 14.8. The molecule has 5 nitrogen and oxygen atoms in total. The maximum absolute atomic E-state index is 10.3. The van der Waals surface area contributed by atoms with E-state index < -0.39 is 0 Å². The van der Waals surface area contributed by atoms with E-state index in [1.807, 2.05) is 42.5 Å². The second-order valence-electron chi connectivity index (χ2n) is 6.84. The van der Waals surface area contributed by atoms with Crippen molar-refractivity contribution in [1.82, 2.24) is 14.9 Å². The number of pyridine rings is 2. The van der Waals surface area contributed by atoms with E-state index >= 15 is 0 Å². The lowest BCUT2D eigenvalue weighted by molar-refractivity contribution is 0.291. The van der Waals surface area contributed by atoms with Crippen molar-refractivity contribution in [3.63, 3.8) is 0 Å². The molecule has 0 unspecified atom stereocenters. The second kappa shape index (κ2) is 7.82. The Labute approximate surface area is 164 Å². The van der Waals surface area contributed by atoms with E-state index in [0.29, 0.717) is 12.3 Å². The average molecular weight is 372 g/mol. The highest BCUT2D eigenvalue weighted by Gasteiger charge is 2.10. The van der Waals surface area contributed by atoms with Crippen LogP contribution in [0.3, 0.4) is 0 Å². The molecule has 0 amide bonds. The summed E-state index contributed by atoms with van der Waals surface area (Å²) in [7, 11) is 0. The SMILES string of the molecule is CCN(CC)Cc1cc(Nc2ccnc3cc4ccccc4nc23)ccc1O. The number of aromatic hydroxyl groups is 1. The molecule has 0 saturated heterocycles. The Morgan fingerprint density at radius 2 is 1.79 bits per heavy atom. The van der Waals surface area contributed by atoms with E-state index in [1.165, 1.54) is 0 Å². The number of anilines is 2. The third-order valence-corrected chi connectivity index (χ3v) is 5.06. The van der Waals surface area contributed by atoms with Crippen molar-refractivity contribution in [3.8, 4) is 5.75 Å². The number of nitrogens with one attached hydrogen (secondary N) is 1. The molecular formula is C23H24N4O. The molecule has 28 heavy (non-hydrogen) atoms. The molecule has 4 aromatic rings. The van der Waals surface area contributed by atoms with Gasteiger partial charge in [0.05, 0.1) is 16.7 Å². The van der Waals surface area contributed by atoms with Gasteiger partial charge in [-0.2, -0.15) is 0 Å². The topological polar surface area (TPSA) is 61.3 Å².